The van der Waals surface area contributed by atoms with E-state index in [1.807, 2.05) is 32.9 Å². The van der Waals surface area contributed by atoms with Crippen LogP contribution in [0.1, 0.15) is 54.7 Å². The van der Waals surface area contributed by atoms with E-state index in [9.17, 15) is 4.79 Å². The van der Waals surface area contributed by atoms with Gasteiger partial charge in [-0.15, -0.1) is 0 Å². The largest absolute Gasteiger partial charge is 0.493 e. The van der Waals surface area contributed by atoms with E-state index >= 15 is 0 Å². The minimum absolute atomic E-state index is 0.0256. The Hall–Kier alpha value is -2.80. The smallest absolute Gasteiger partial charge is 0.275 e. The molecule has 4 rings (SSSR count). The molecule has 0 radical (unpaired) electrons. The third kappa shape index (κ3) is 3.81. The fourth-order valence-corrected chi connectivity index (χ4v) is 4.26. The highest BCUT2D eigenvalue weighted by Crippen LogP contribution is 2.34. The number of aromatic amines is 1. The number of H-pyrrole nitrogens is 1. The van der Waals surface area contributed by atoms with Gasteiger partial charge in [0, 0.05) is 23.9 Å². The zero-order valence-electron chi connectivity index (χ0n) is 18.2. The third-order valence-corrected chi connectivity index (χ3v) is 5.99. The molecule has 1 aromatic carbocycles. The first-order valence-corrected chi connectivity index (χ1v) is 10.6. The van der Waals surface area contributed by atoms with Crippen molar-refractivity contribution in [1.82, 2.24) is 19.5 Å². The third-order valence-electron chi connectivity index (χ3n) is 5.99. The van der Waals surface area contributed by atoms with Crippen LogP contribution < -0.4 is 15.0 Å². The van der Waals surface area contributed by atoms with Crippen molar-refractivity contribution in [1.29, 1.82) is 0 Å². The Morgan fingerprint density at radius 2 is 2.03 bits per heavy atom. The quantitative estimate of drug-likeness (QED) is 0.670. The van der Waals surface area contributed by atoms with E-state index in [1.54, 1.807) is 11.6 Å². The molecule has 1 aliphatic rings. The Kier molecular flexibility index (Phi) is 5.81. The molecule has 1 fully saturated rings. The summed E-state index contributed by atoms with van der Waals surface area (Å²) in [5, 5.41) is 3.32. The van der Waals surface area contributed by atoms with Crippen molar-refractivity contribution in [2.75, 3.05) is 20.3 Å². The highest BCUT2D eigenvalue weighted by molar-refractivity contribution is 5.44. The first-order valence-electron chi connectivity index (χ1n) is 10.6. The van der Waals surface area contributed by atoms with Gasteiger partial charge in [0.05, 0.1) is 25.5 Å². The Labute approximate surface area is 176 Å². The standard InChI is InChI=1S/C23H30N4O3/c1-5-30-20-10-9-17(12-21(20)29-4)14-26-11-7-6-8-19(26)18-13-22-24-16(3)15(2)23(28)27(22)25-18/h9-10,12-13,19,25H,5-8,11,14H2,1-4H3/t19-/m1/s1. The van der Waals surface area contributed by atoms with Crippen LogP contribution in [-0.4, -0.2) is 39.8 Å². The van der Waals surface area contributed by atoms with Crippen molar-refractivity contribution in [2.24, 2.45) is 0 Å². The molecule has 0 saturated carbocycles. The normalized spacial score (nSPS) is 17.4. The summed E-state index contributed by atoms with van der Waals surface area (Å²) in [4.78, 5) is 19.7. The van der Waals surface area contributed by atoms with Crippen LogP contribution in [0.15, 0.2) is 29.1 Å². The van der Waals surface area contributed by atoms with Gasteiger partial charge in [0.15, 0.2) is 17.1 Å². The monoisotopic (exact) mass is 410 g/mol. The van der Waals surface area contributed by atoms with Gasteiger partial charge in [0.25, 0.3) is 5.56 Å². The number of aromatic nitrogens is 3. The fraction of sp³-hybridized carbons (Fsp3) is 0.478. The van der Waals surface area contributed by atoms with E-state index in [1.165, 1.54) is 18.4 Å². The topological polar surface area (TPSA) is 71.9 Å². The molecule has 0 aliphatic carbocycles. The van der Waals surface area contributed by atoms with E-state index in [0.717, 1.165) is 42.4 Å². The Morgan fingerprint density at radius 1 is 1.20 bits per heavy atom. The van der Waals surface area contributed by atoms with Gasteiger partial charge in [-0.2, -0.15) is 0 Å². The highest BCUT2D eigenvalue weighted by atomic mass is 16.5. The van der Waals surface area contributed by atoms with E-state index in [-0.39, 0.29) is 11.6 Å². The van der Waals surface area contributed by atoms with Crippen molar-refractivity contribution >= 4 is 5.65 Å². The van der Waals surface area contributed by atoms with Gasteiger partial charge in [0.1, 0.15) is 0 Å². The van der Waals surface area contributed by atoms with Crippen LogP contribution in [0.2, 0.25) is 0 Å². The molecule has 0 bridgehead atoms. The molecule has 0 amide bonds. The fourth-order valence-electron chi connectivity index (χ4n) is 4.26. The summed E-state index contributed by atoms with van der Waals surface area (Å²) in [5.41, 5.74) is 4.35. The molecule has 30 heavy (non-hydrogen) atoms. The Bertz CT molecular complexity index is 1100. The molecule has 1 saturated heterocycles. The van der Waals surface area contributed by atoms with Crippen molar-refractivity contribution in [3.63, 3.8) is 0 Å². The molecule has 7 nitrogen and oxygen atoms in total. The minimum atomic E-state index is -0.0256. The number of ether oxygens (including phenoxy) is 2. The van der Waals surface area contributed by atoms with Gasteiger partial charge in [0.2, 0.25) is 0 Å². The number of methoxy groups -OCH3 is 1. The molecule has 1 N–H and O–H groups in total. The molecule has 160 valence electrons. The van der Waals surface area contributed by atoms with Crippen LogP contribution in [0.3, 0.4) is 0 Å². The molecular formula is C23H30N4O3. The number of benzene rings is 1. The van der Waals surface area contributed by atoms with E-state index in [2.05, 4.69) is 27.1 Å². The van der Waals surface area contributed by atoms with Gasteiger partial charge >= 0.3 is 0 Å². The van der Waals surface area contributed by atoms with E-state index < -0.39 is 0 Å². The molecule has 0 unspecified atom stereocenters. The van der Waals surface area contributed by atoms with Crippen molar-refractivity contribution in [3.8, 4) is 11.5 Å². The lowest BCUT2D eigenvalue weighted by Crippen LogP contribution is -2.33. The SMILES string of the molecule is CCOc1ccc(CN2CCCC[C@@H]2c2cc3nc(C)c(C)c(=O)n3[nH]2)cc1OC. The summed E-state index contributed by atoms with van der Waals surface area (Å²) in [6, 6.07) is 8.38. The number of aryl methyl sites for hydroxylation is 1. The lowest BCUT2D eigenvalue weighted by Gasteiger charge is -2.35. The number of fused-ring (bicyclic) bond motifs is 1. The summed E-state index contributed by atoms with van der Waals surface area (Å²) in [6.07, 6.45) is 3.39. The van der Waals surface area contributed by atoms with Crippen LogP contribution in [-0.2, 0) is 6.54 Å². The summed E-state index contributed by atoms with van der Waals surface area (Å²) >= 11 is 0. The number of piperidine rings is 1. The van der Waals surface area contributed by atoms with Crippen molar-refractivity contribution in [3.05, 3.63) is 57.1 Å². The van der Waals surface area contributed by atoms with Crippen LogP contribution in [0.25, 0.3) is 5.65 Å². The number of nitrogens with one attached hydrogen (secondary N) is 1. The second kappa shape index (κ2) is 8.52. The highest BCUT2D eigenvalue weighted by Gasteiger charge is 2.26. The van der Waals surface area contributed by atoms with Crippen molar-refractivity contribution in [2.45, 2.75) is 52.6 Å². The first kappa shape index (κ1) is 20.5. The summed E-state index contributed by atoms with van der Waals surface area (Å²) in [6.45, 7) is 8.10. The van der Waals surface area contributed by atoms with Crippen LogP contribution >= 0.6 is 0 Å². The molecule has 1 atom stereocenters. The molecule has 2 aromatic heterocycles. The summed E-state index contributed by atoms with van der Waals surface area (Å²) in [7, 11) is 1.67. The number of nitrogens with zero attached hydrogens (tertiary/aromatic N) is 3. The van der Waals surface area contributed by atoms with Gasteiger partial charge in [-0.25, -0.2) is 9.50 Å². The molecule has 1 aliphatic heterocycles. The van der Waals surface area contributed by atoms with Crippen molar-refractivity contribution < 1.29 is 9.47 Å². The van der Waals surface area contributed by atoms with Crippen LogP contribution in [0, 0.1) is 13.8 Å². The van der Waals surface area contributed by atoms with Crippen LogP contribution in [0.4, 0.5) is 0 Å². The molecule has 3 heterocycles. The Balaban J connectivity index is 1.63. The number of hydrogen-bond donors (Lipinski definition) is 1. The predicted molar refractivity (Wildman–Crippen MR) is 116 cm³/mol. The number of likely N-dealkylation sites (tertiary alicyclic amines) is 1. The second-order valence-corrected chi connectivity index (χ2v) is 7.93. The lowest BCUT2D eigenvalue weighted by atomic mass is 9.98. The molecular weight excluding hydrogens is 380 g/mol. The van der Waals surface area contributed by atoms with Gasteiger partial charge in [-0.1, -0.05) is 12.5 Å². The molecule has 0 spiro atoms. The predicted octanol–water partition coefficient (Wildman–Crippen LogP) is 3.77. The summed E-state index contributed by atoms with van der Waals surface area (Å²) < 4.78 is 12.7. The van der Waals surface area contributed by atoms with Crippen LogP contribution in [0.5, 0.6) is 11.5 Å². The number of hydrogen-bond acceptors (Lipinski definition) is 5. The average Bonchev–Trinajstić information content (AvgIpc) is 3.17. The maximum absolute atomic E-state index is 12.6. The minimum Gasteiger partial charge on any atom is -0.493 e. The first-order chi connectivity index (χ1) is 14.5. The lowest BCUT2D eigenvalue weighted by molar-refractivity contribution is 0.137. The van der Waals surface area contributed by atoms with E-state index in [4.69, 9.17) is 9.47 Å². The summed E-state index contributed by atoms with van der Waals surface area (Å²) in [5.74, 6) is 1.53. The molecule has 7 heteroatoms. The molecule has 3 aromatic rings. The maximum atomic E-state index is 12.6. The van der Waals surface area contributed by atoms with Gasteiger partial charge in [-0.3, -0.25) is 14.8 Å². The van der Waals surface area contributed by atoms with Gasteiger partial charge < -0.3 is 9.47 Å². The maximum Gasteiger partial charge on any atom is 0.275 e. The second-order valence-electron chi connectivity index (χ2n) is 7.93. The average molecular weight is 411 g/mol. The van der Waals surface area contributed by atoms with Gasteiger partial charge in [-0.05, 0) is 57.9 Å². The van der Waals surface area contributed by atoms with E-state index in [0.29, 0.717) is 17.8 Å². The Morgan fingerprint density at radius 3 is 2.80 bits per heavy atom. The zero-order valence-corrected chi connectivity index (χ0v) is 18.2. The zero-order chi connectivity index (χ0) is 21.3. The number of rotatable bonds is 6.